The molecule has 0 aliphatic carbocycles. The van der Waals surface area contributed by atoms with Crippen LogP contribution >= 0.6 is 24.8 Å². The molecule has 1 amide bonds. The number of nitrogens with two attached hydrogens (primary N) is 1. The van der Waals surface area contributed by atoms with Crippen molar-refractivity contribution in [2.75, 3.05) is 19.6 Å². The van der Waals surface area contributed by atoms with Gasteiger partial charge in [-0.25, -0.2) is 0 Å². The van der Waals surface area contributed by atoms with Gasteiger partial charge < -0.3 is 11.1 Å². The van der Waals surface area contributed by atoms with Crippen LogP contribution in [0.3, 0.4) is 0 Å². The van der Waals surface area contributed by atoms with Crippen LogP contribution in [-0.2, 0) is 6.54 Å². The highest BCUT2D eigenvalue weighted by molar-refractivity contribution is 5.94. The number of benzene rings is 1. The molecule has 0 spiro atoms. The zero-order valence-corrected chi connectivity index (χ0v) is 16.9. The van der Waals surface area contributed by atoms with Crippen LogP contribution in [0.5, 0.6) is 0 Å². The average molecular weight is 399 g/mol. The molecular weight excluding hydrogens is 371 g/mol. The summed E-state index contributed by atoms with van der Waals surface area (Å²) in [5.41, 5.74) is 8.11. The maximum atomic E-state index is 12.4. The zero-order valence-electron chi connectivity index (χ0n) is 15.2. The molecule has 0 aliphatic rings. The van der Waals surface area contributed by atoms with Crippen LogP contribution in [0, 0.1) is 0 Å². The highest BCUT2D eigenvalue weighted by atomic mass is 35.5. The van der Waals surface area contributed by atoms with Gasteiger partial charge in [0.25, 0.3) is 5.91 Å². The normalized spacial score (nSPS) is 11.2. The van der Waals surface area contributed by atoms with Crippen molar-refractivity contribution < 1.29 is 4.79 Å². The topological polar surface area (TPSA) is 71.2 Å². The number of aromatic nitrogens is 1. The number of amides is 1. The molecule has 1 heterocycles. The first kappa shape index (κ1) is 24.3. The minimum atomic E-state index is -0.0970. The molecular formula is C19H28Cl2N4O. The quantitative estimate of drug-likeness (QED) is 0.715. The summed E-state index contributed by atoms with van der Waals surface area (Å²) in [4.78, 5) is 18.9. The number of nitrogens with zero attached hydrogens (tertiary/aromatic N) is 2. The van der Waals surface area contributed by atoms with E-state index in [-0.39, 0.29) is 36.8 Å². The van der Waals surface area contributed by atoms with E-state index in [1.165, 1.54) is 5.56 Å². The molecule has 144 valence electrons. The van der Waals surface area contributed by atoms with E-state index in [0.717, 1.165) is 13.1 Å². The fraction of sp³-hybridized carbons (Fsp3) is 0.368. The molecule has 1 aromatic heterocycles. The first-order valence-corrected chi connectivity index (χ1v) is 8.41. The van der Waals surface area contributed by atoms with Crippen LogP contribution in [0.25, 0.3) is 0 Å². The van der Waals surface area contributed by atoms with Gasteiger partial charge in [0.2, 0.25) is 0 Å². The molecule has 2 aromatic rings. The summed E-state index contributed by atoms with van der Waals surface area (Å²) in [6.07, 6.45) is 1.62. The Kier molecular flexibility index (Phi) is 11.8. The zero-order chi connectivity index (χ0) is 17.4. The molecule has 1 aromatic carbocycles. The van der Waals surface area contributed by atoms with Gasteiger partial charge >= 0.3 is 0 Å². The summed E-state index contributed by atoms with van der Waals surface area (Å²) < 4.78 is 0. The third-order valence-corrected chi connectivity index (χ3v) is 4.18. The van der Waals surface area contributed by atoms with E-state index in [1.54, 1.807) is 18.3 Å². The third-order valence-electron chi connectivity index (χ3n) is 4.18. The van der Waals surface area contributed by atoms with Crippen molar-refractivity contribution in [1.29, 1.82) is 0 Å². The van der Waals surface area contributed by atoms with Crippen LogP contribution in [-0.4, -0.2) is 35.4 Å². The summed E-state index contributed by atoms with van der Waals surface area (Å²) in [6, 6.07) is 13.9. The van der Waals surface area contributed by atoms with Crippen LogP contribution < -0.4 is 11.1 Å². The molecule has 2 rings (SSSR count). The molecule has 3 N–H and O–H groups in total. The van der Waals surface area contributed by atoms with Gasteiger partial charge in [-0.1, -0.05) is 44.2 Å². The standard InChI is InChI=1S/C19H26N4O.2ClH/c1-3-23(4-2)18(15-8-6-5-7-9-15)14-22-19(24)16-10-11-21-17(12-16)13-20;;/h5-12,18H,3-4,13-14,20H2,1-2H3,(H,22,24);2*1H. The Hall–Kier alpha value is -1.66. The maximum Gasteiger partial charge on any atom is 0.251 e. The van der Waals surface area contributed by atoms with Crippen molar-refractivity contribution in [2.45, 2.75) is 26.4 Å². The number of pyridine rings is 1. The summed E-state index contributed by atoms with van der Waals surface area (Å²) in [5.74, 6) is -0.0970. The molecule has 26 heavy (non-hydrogen) atoms. The largest absolute Gasteiger partial charge is 0.350 e. The molecule has 1 atom stereocenters. The Morgan fingerprint density at radius 1 is 1.15 bits per heavy atom. The van der Waals surface area contributed by atoms with E-state index in [0.29, 0.717) is 24.3 Å². The van der Waals surface area contributed by atoms with Crippen molar-refractivity contribution >= 4 is 30.7 Å². The predicted octanol–water partition coefficient (Wildman–Crippen LogP) is 3.20. The van der Waals surface area contributed by atoms with Crippen LogP contribution in [0.1, 0.15) is 41.5 Å². The smallest absolute Gasteiger partial charge is 0.251 e. The molecule has 7 heteroatoms. The van der Waals surface area contributed by atoms with Crippen molar-refractivity contribution in [2.24, 2.45) is 5.73 Å². The maximum absolute atomic E-state index is 12.4. The van der Waals surface area contributed by atoms with Crippen molar-refractivity contribution in [3.63, 3.8) is 0 Å². The molecule has 1 unspecified atom stereocenters. The minimum absolute atomic E-state index is 0. The SMILES string of the molecule is CCN(CC)C(CNC(=O)c1ccnc(CN)c1)c1ccccc1.Cl.Cl. The number of hydrogen-bond donors (Lipinski definition) is 2. The Morgan fingerprint density at radius 3 is 2.38 bits per heavy atom. The molecule has 0 saturated carbocycles. The fourth-order valence-corrected chi connectivity index (χ4v) is 2.82. The van der Waals surface area contributed by atoms with Gasteiger partial charge in [-0.05, 0) is 30.8 Å². The van der Waals surface area contributed by atoms with Crippen molar-refractivity contribution in [1.82, 2.24) is 15.2 Å². The second-order valence-electron chi connectivity index (χ2n) is 5.60. The summed E-state index contributed by atoms with van der Waals surface area (Å²) >= 11 is 0. The third kappa shape index (κ3) is 6.57. The van der Waals surface area contributed by atoms with Gasteiger partial charge in [0.05, 0.1) is 11.7 Å². The Labute approximate surface area is 168 Å². The number of carbonyl (C=O) groups excluding carboxylic acids is 1. The lowest BCUT2D eigenvalue weighted by molar-refractivity contribution is 0.0934. The monoisotopic (exact) mass is 398 g/mol. The molecule has 0 saturated heterocycles. The molecule has 5 nitrogen and oxygen atoms in total. The summed E-state index contributed by atoms with van der Waals surface area (Å²) in [5, 5.41) is 3.05. The summed E-state index contributed by atoms with van der Waals surface area (Å²) in [7, 11) is 0. The number of nitrogens with one attached hydrogen (secondary N) is 1. The second-order valence-corrected chi connectivity index (χ2v) is 5.60. The van der Waals surface area contributed by atoms with Gasteiger partial charge in [-0.15, -0.1) is 24.8 Å². The Bertz CT molecular complexity index is 651. The number of hydrogen-bond acceptors (Lipinski definition) is 4. The molecule has 0 aliphatic heterocycles. The number of likely N-dealkylation sites (N-methyl/N-ethyl adjacent to an activating group) is 1. The van der Waals surface area contributed by atoms with Crippen LogP contribution in [0.4, 0.5) is 0 Å². The van der Waals surface area contributed by atoms with E-state index >= 15 is 0 Å². The van der Waals surface area contributed by atoms with E-state index < -0.39 is 0 Å². The molecule has 0 fully saturated rings. The molecule has 0 bridgehead atoms. The Morgan fingerprint density at radius 2 is 1.81 bits per heavy atom. The predicted molar refractivity (Wildman–Crippen MR) is 111 cm³/mol. The van der Waals surface area contributed by atoms with E-state index in [2.05, 4.69) is 41.2 Å². The lowest BCUT2D eigenvalue weighted by Crippen LogP contribution is -2.38. The first-order valence-electron chi connectivity index (χ1n) is 8.41. The van der Waals surface area contributed by atoms with E-state index in [9.17, 15) is 4.79 Å². The minimum Gasteiger partial charge on any atom is -0.350 e. The lowest BCUT2D eigenvalue weighted by atomic mass is 10.0. The van der Waals surface area contributed by atoms with Crippen LogP contribution in [0.15, 0.2) is 48.7 Å². The van der Waals surface area contributed by atoms with E-state index in [1.807, 2.05) is 18.2 Å². The van der Waals surface area contributed by atoms with Gasteiger partial charge in [-0.2, -0.15) is 0 Å². The number of halogens is 2. The number of rotatable bonds is 8. The van der Waals surface area contributed by atoms with Gasteiger partial charge in [0.15, 0.2) is 0 Å². The van der Waals surface area contributed by atoms with Gasteiger partial charge in [0.1, 0.15) is 0 Å². The highest BCUT2D eigenvalue weighted by Gasteiger charge is 2.19. The second kappa shape index (κ2) is 12.7. The Balaban J connectivity index is 0.00000312. The fourth-order valence-electron chi connectivity index (χ4n) is 2.82. The lowest BCUT2D eigenvalue weighted by Gasteiger charge is -2.30. The summed E-state index contributed by atoms with van der Waals surface area (Å²) in [6.45, 7) is 7.02. The number of carbonyl (C=O) groups is 1. The van der Waals surface area contributed by atoms with Crippen LogP contribution in [0.2, 0.25) is 0 Å². The molecule has 0 radical (unpaired) electrons. The van der Waals surface area contributed by atoms with Gasteiger partial charge in [0, 0.05) is 24.8 Å². The average Bonchev–Trinajstić information content (AvgIpc) is 2.65. The van der Waals surface area contributed by atoms with Crippen molar-refractivity contribution in [3.05, 3.63) is 65.5 Å². The van der Waals surface area contributed by atoms with E-state index in [4.69, 9.17) is 5.73 Å². The first-order chi connectivity index (χ1) is 11.7. The van der Waals surface area contributed by atoms with Gasteiger partial charge in [-0.3, -0.25) is 14.7 Å². The highest BCUT2D eigenvalue weighted by Crippen LogP contribution is 2.19. The van der Waals surface area contributed by atoms with Crippen molar-refractivity contribution in [3.8, 4) is 0 Å².